The third-order valence-corrected chi connectivity index (χ3v) is 4.67. The van der Waals surface area contributed by atoms with Crippen LogP contribution in [0.5, 0.6) is 0 Å². The van der Waals surface area contributed by atoms with E-state index in [4.69, 9.17) is 5.73 Å². The van der Waals surface area contributed by atoms with Crippen LogP contribution in [0.4, 0.5) is 10.8 Å². The molecule has 86 valence electrons. The van der Waals surface area contributed by atoms with Crippen LogP contribution in [0, 0.1) is 20.8 Å². The Morgan fingerprint density at radius 2 is 2.12 bits per heavy atom. The molecule has 0 bridgehead atoms. The van der Waals surface area contributed by atoms with Gasteiger partial charge in [0.05, 0.1) is 6.54 Å². The Hall–Kier alpha value is -1.07. The fourth-order valence-corrected chi connectivity index (χ4v) is 3.12. The molecule has 3 nitrogen and oxygen atoms in total. The summed E-state index contributed by atoms with van der Waals surface area (Å²) in [7, 11) is 0. The van der Waals surface area contributed by atoms with Crippen LogP contribution in [0.25, 0.3) is 0 Å². The number of nitrogens with zero attached hydrogens (tertiary/aromatic N) is 1. The molecule has 3 N–H and O–H groups in total. The van der Waals surface area contributed by atoms with Gasteiger partial charge in [-0.3, -0.25) is 0 Å². The smallest absolute Gasteiger partial charge is 0.142 e. The minimum Gasteiger partial charge on any atom is -0.383 e. The maximum Gasteiger partial charge on any atom is 0.142 e. The number of rotatable bonds is 3. The fourth-order valence-electron chi connectivity index (χ4n) is 1.42. The van der Waals surface area contributed by atoms with E-state index in [9.17, 15) is 0 Å². The first kappa shape index (κ1) is 11.4. The van der Waals surface area contributed by atoms with E-state index in [0.29, 0.717) is 5.82 Å². The quantitative estimate of drug-likeness (QED) is 0.882. The number of anilines is 2. The van der Waals surface area contributed by atoms with Gasteiger partial charge in [-0.05, 0) is 43.9 Å². The molecular weight excluding hydrogens is 238 g/mol. The molecule has 0 radical (unpaired) electrons. The van der Waals surface area contributed by atoms with E-state index in [0.717, 1.165) is 17.1 Å². The Bertz CT molecular complexity index is 480. The van der Waals surface area contributed by atoms with Crippen molar-refractivity contribution in [3.8, 4) is 0 Å². The minimum absolute atomic E-state index is 0.631. The largest absolute Gasteiger partial charge is 0.383 e. The predicted molar refractivity (Wildman–Crippen MR) is 72.4 cm³/mol. The van der Waals surface area contributed by atoms with E-state index < -0.39 is 0 Å². The highest BCUT2D eigenvalue weighted by atomic mass is 32.1. The van der Waals surface area contributed by atoms with Gasteiger partial charge in [0.25, 0.3) is 0 Å². The summed E-state index contributed by atoms with van der Waals surface area (Å²) in [6.07, 6.45) is 0. The third kappa shape index (κ3) is 2.20. The highest BCUT2D eigenvalue weighted by Crippen LogP contribution is 2.27. The molecule has 0 aliphatic heterocycles. The molecule has 2 heterocycles. The Labute approximate surface area is 103 Å². The van der Waals surface area contributed by atoms with E-state index in [-0.39, 0.29) is 0 Å². The first-order valence-electron chi connectivity index (χ1n) is 5.09. The Morgan fingerprint density at radius 3 is 2.62 bits per heavy atom. The molecule has 0 aromatic carbocycles. The number of aromatic nitrogens is 1. The van der Waals surface area contributed by atoms with Crippen molar-refractivity contribution >= 4 is 33.7 Å². The van der Waals surface area contributed by atoms with Crippen molar-refractivity contribution in [2.45, 2.75) is 27.3 Å². The average molecular weight is 253 g/mol. The highest BCUT2D eigenvalue weighted by molar-refractivity contribution is 7.12. The zero-order chi connectivity index (χ0) is 11.7. The first-order chi connectivity index (χ1) is 7.58. The van der Waals surface area contributed by atoms with Gasteiger partial charge in [0, 0.05) is 15.3 Å². The standard InChI is InChI=1S/C11H15N3S2/c1-6-4-9(15-8(6)3)5-13-11-7(2)10(12)14-16-11/h4,13H,5H2,1-3H3,(H2,12,14). The molecule has 0 unspecified atom stereocenters. The number of nitrogens with two attached hydrogens (primary N) is 1. The molecule has 0 amide bonds. The lowest BCUT2D eigenvalue weighted by molar-refractivity contribution is 1.19. The predicted octanol–water partition coefficient (Wildman–Crippen LogP) is 3.32. The van der Waals surface area contributed by atoms with Crippen molar-refractivity contribution in [1.82, 2.24) is 4.37 Å². The van der Waals surface area contributed by atoms with E-state index in [1.165, 1.54) is 26.9 Å². The maximum absolute atomic E-state index is 5.70. The molecular formula is C11H15N3S2. The van der Waals surface area contributed by atoms with Gasteiger partial charge < -0.3 is 11.1 Å². The molecule has 2 aromatic rings. The van der Waals surface area contributed by atoms with Crippen LogP contribution < -0.4 is 11.1 Å². The number of hydrogen-bond donors (Lipinski definition) is 2. The van der Waals surface area contributed by atoms with Gasteiger partial charge >= 0.3 is 0 Å². The summed E-state index contributed by atoms with van der Waals surface area (Å²) in [5.74, 6) is 0.631. The summed E-state index contributed by atoms with van der Waals surface area (Å²) in [5, 5.41) is 4.45. The summed E-state index contributed by atoms with van der Waals surface area (Å²) < 4.78 is 4.11. The van der Waals surface area contributed by atoms with Crippen LogP contribution in [-0.4, -0.2) is 4.37 Å². The van der Waals surface area contributed by atoms with Crippen LogP contribution in [-0.2, 0) is 6.54 Å². The lowest BCUT2D eigenvalue weighted by atomic mass is 10.3. The number of nitrogens with one attached hydrogen (secondary N) is 1. The molecule has 2 rings (SSSR count). The zero-order valence-corrected chi connectivity index (χ0v) is 11.3. The van der Waals surface area contributed by atoms with Crippen LogP contribution in [0.15, 0.2) is 6.07 Å². The summed E-state index contributed by atoms with van der Waals surface area (Å²) in [4.78, 5) is 2.73. The Balaban J connectivity index is 2.05. The monoisotopic (exact) mass is 253 g/mol. The van der Waals surface area contributed by atoms with Crippen molar-refractivity contribution in [3.63, 3.8) is 0 Å². The number of hydrogen-bond acceptors (Lipinski definition) is 5. The zero-order valence-electron chi connectivity index (χ0n) is 9.63. The summed E-state index contributed by atoms with van der Waals surface area (Å²) in [6, 6.07) is 2.23. The molecule has 0 spiro atoms. The number of aryl methyl sites for hydroxylation is 2. The number of nitrogen functional groups attached to an aromatic ring is 1. The normalized spacial score (nSPS) is 10.7. The summed E-state index contributed by atoms with van der Waals surface area (Å²) >= 11 is 3.26. The van der Waals surface area contributed by atoms with Gasteiger partial charge in [-0.25, -0.2) is 0 Å². The van der Waals surface area contributed by atoms with Gasteiger partial charge in [0.2, 0.25) is 0 Å². The van der Waals surface area contributed by atoms with E-state index >= 15 is 0 Å². The van der Waals surface area contributed by atoms with Gasteiger partial charge in [-0.1, -0.05) is 0 Å². The molecule has 0 aliphatic carbocycles. The number of thiophene rings is 1. The summed E-state index contributed by atoms with van der Waals surface area (Å²) in [6.45, 7) is 7.14. The van der Waals surface area contributed by atoms with Crippen molar-refractivity contribution in [3.05, 3.63) is 26.9 Å². The average Bonchev–Trinajstić information content (AvgIpc) is 2.72. The Kier molecular flexibility index (Phi) is 3.16. The second-order valence-electron chi connectivity index (χ2n) is 3.83. The van der Waals surface area contributed by atoms with Crippen molar-refractivity contribution < 1.29 is 0 Å². The van der Waals surface area contributed by atoms with Gasteiger partial charge in [-0.15, -0.1) is 11.3 Å². The highest BCUT2D eigenvalue weighted by Gasteiger charge is 2.07. The molecule has 2 aromatic heterocycles. The van der Waals surface area contributed by atoms with E-state index in [1.54, 1.807) is 0 Å². The lowest BCUT2D eigenvalue weighted by Gasteiger charge is -2.01. The second-order valence-corrected chi connectivity index (χ2v) is 5.94. The third-order valence-electron chi connectivity index (χ3n) is 2.60. The molecule has 0 fully saturated rings. The molecule has 0 aliphatic rings. The molecule has 16 heavy (non-hydrogen) atoms. The van der Waals surface area contributed by atoms with Gasteiger partial charge in [0.15, 0.2) is 0 Å². The fraction of sp³-hybridized carbons (Fsp3) is 0.364. The van der Waals surface area contributed by atoms with Crippen molar-refractivity contribution in [1.29, 1.82) is 0 Å². The summed E-state index contributed by atoms with van der Waals surface area (Å²) in [5.41, 5.74) is 8.11. The van der Waals surface area contributed by atoms with E-state index in [1.807, 2.05) is 18.3 Å². The van der Waals surface area contributed by atoms with Crippen molar-refractivity contribution in [2.75, 3.05) is 11.1 Å². The first-order valence-corrected chi connectivity index (χ1v) is 6.68. The molecule has 0 saturated heterocycles. The molecule has 5 heteroatoms. The maximum atomic E-state index is 5.70. The van der Waals surface area contributed by atoms with Crippen LogP contribution in [0.3, 0.4) is 0 Å². The SMILES string of the molecule is Cc1cc(CNc2snc(N)c2C)sc1C. The topological polar surface area (TPSA) is 50.9 Å². The lowest BCUT2D eigenvalue weighted by Crippen LogP contribution is -1.97. The van der Waals surface area contributed by atoms with Crippen LogP contribution in [0.1, 0.15) is 20.9 Å². The van der Waals surface area contributed by atoms with Crippen molar-refractivity contribution in [2.24, 2.45) is 0 Å². The van der Waals surface area contributed by atoms with Gasteiger partial charge in [-0.2, -0.15) is 4.37 Å². The minimum atomic E-state index is 0.631. The molecule has 0 atom stereocenters. The van der Waals surface area contributed by atoms with Gasteiger partial charge in [0.1, 0.15) is 10.8 Å². The Morgan fingerprint density at radius 1 is 1.38 bits per heavy atom. The van der Waals surface area contributed by atoms with Crippen LogP contribution in [0.2, 0.25) is 0 Å². The van der Waals surface area contributed by atoms with E-state index in [2.05, 4.69) is 29.6 Å². The molecule has 0 saturated carbocycles. The van der Waals surface area contributed by atoms with Crippen LogP contribution >= 0.6 is 22.9 Å². The second kappa shape index (κ2) is 4.43.